The molecule has 1 atom stereocenters. The van der Waals surface area contributed by atoms with Crippen LogP contribution >= 0.6 is 15.9 Å². The first-order valence-electron chi connectivity index (χ1n) is 5.23. The maximum Gasteiger partial charge on any atom is 0.151 e. The van der Waals surface area contributed by atoms with Crippen LogP contribution in [0.3, 0.4) is 0 Å². The molecule has 0 radical (unpaired) electrons. The number of sulfone groups is 1. The molecule has 0 bridgehead atoms. The van der Waals surface area contributed by atoms with Gasteiger partial charge in [0.05, 0.1) is 11.5 Å². The number of hydrogen-bond donors (Lipinski definition) is 1. The molecule has 3 nitrogen and oxygen atoms in total. The fourth-order valence-corrected chi connectivity index (χ4v) is 3.79. The summed E-state index contributed by atoms with van der Waals surface area (Å²) in [5.41, 5.74) is 1.17. The Labute approximate surface area is 104 Å². The highest BCUT2D eigenvalue weighted by Crippen LogP contribution is 2.13. The molecule has 0 aliphatic carbocycles. The summed E-state index contributed by atoms with van der Waals surface area (Å²) in [6.45, 7) is 0.730. The molecule has 1 aliphatic heterocycles. The predicted molar refractivity (Wildman–Crippen MR) is 68.0 cm³/mol. The maximum absolute atomic E-state index is 11.3. The van der Waals surface area contributed by atoms with E-state index in [1.165, 1.54) is 5.56 Å². The van der Waals surface area contributed by atoms with Crippen LogP contribution < -0.4 is 5.32 Å². The fourth-order valence-electron chi connectivity index (χ4n) is 1.82. The SMILES string of the molecule is O=S1(=O)CC[C@@H](NCc2ccc(Br)cc2)C1. The van der Waals surface area contributed by atoms with Crippen LogP contribution in [0.4, 0.5) is 0 Å². The average molecular weight is 304 g/mol. The summed E-state index contributed by atoms with van der Waals surface area (Å²) in [5, 5.41) is 3.28. The zero-order chi connectivity index (χ0) is 11.6. The summed E-state index contributed by atoms with van der Waals surface area (Å²) in [6.07, 6.45) is 0.735. The van der Waals surface area contributed by atoms with Gasteiger partial charge >= 0.3 is 0 Å². The Bertz CT molecular complexity index is 455. The molecule has 1 heterocycles. The van der Waals surface area contributed by atoms with Gasteiger partial charge in [0.15, 0.2) is 9.84 Å². The third-order valence-electron chi connectivity index (χ3n) is 2.74. The monoisotopic (exact) mass is 303 g/mol. The normalized spacial score (nSPS) is 23.4. The Kier molecular flexibility index (Phi) is 3.66. The smallest absolute Gasteiger partial charge is 0.151 e. The molecule has 0 unspecified atom stereocenters. The molecule has 1 fully saturated rings. The third kappa shape index (κ3) is 3.30. The van der Waals surface area contributed by atoms with Gasteiger partial charge in [-0.05, 0) is 24.1 Å². The molecule has 2 rings (SSSR count). The van der Waals surface area contributed by atoms with Crippen LogP contribution in [0, 0.1) is 0 Å². The topological polar surface area (TPSA) is 46.2 Å². The second-order valence-corrected chi connectivity index (χ2v) is 7.25. The van der Waals surface area contributed by atoms with E-state index in [0.29, 0.717) is 5.75 Å². The van der Waals surface area contributed by atoms with Crippen LogP contribution in [-0.4, -0.2) is 26.0 Å². The molecule has 1 aromatic carbocycles. The Balaban J connectivity index is 1.87. The van der Waals surface area contributed by atoms with E-state index >= 15 is 0 Å². The number of hydrogen-bond acceptors (Lipinski definition) is 3. The number of halogens is 1. The van der Waals surface area contributed by atoms with E-state index in [9.17, 15) is 8.42 Å². The van der Waals surface area contributed by atoms with Crippen molar-refractivity contribution in [2.75, 3.05) is 11.5 Å². The minimum Gasteiger partial charge on any atom is -0.309 e. The third-order valence-corrected chi connectivity index (χ3v) is 5.04. The molecule has 1 aromatic rings. The lowest BCUT2D eigenvalue weighted by Gasteiger charge is -2.10. The molecule has 1 N–H and O–H groups in total. The minimum atomic E-state index is -2.78. The molecule has 5 heteroatoms. The Hall–Kier alpha value is -0.390. The highest BCUT2D eigenvalue weighted by molar-refractivity contribution is 9.10. The first kappa shape index (κ1) is 12.1. The van der Waals surface area contributed by atoms with Crippen molar-refractivity contribution in [3.63, 3.8) is 0 Å². The zero-order valence-corrected chi connectivity index (χ0v) is 11.2. The van der Waals surface area contributed by atoms with Crippen LogP contribution in [0.5, 0.6) is 0 Å². The van der Waals surface area contributed by atoms with Crippen LogP contribution in [0.15, 0.2) is 28.7 Å². The lowest BCUT2D eigenvalue weighted by atomic mass is 10.2. The highest BCUT2D eigenvalue weighted by Gasteiger charge is 2.27. The van der Waals surface area contributed by atoms with Gasteiger partial charge in [-0.1, -0.05) is 28.1 Å². The summed E-state index contributed by atoms with van der Waals surface area (Å²) in [4.78, 5) is 0. The summed E-state index contributed by atoms with van der Waals surface area (Å²) in [6, 6.07) is 8.15. The molecular formula is C11H14BrNO2S. The van der Waals surface area contributed by atoms with Crippen LogP contribution in [0.1, 0.15) is 12.0 Å². The zero-order valence-electron chi connectivity index (χ0n) is 8.82. The van der Waals surface area contributed by atoms with E-state index in [1.54, 1.807) is 0 Å². The van der Waals surface area contributed by atoms with Gasteiger partial charge in [-0.2, -0.15) is 0 Å². The minimum absolute atomic E-state index is 0.119. The molecule has 16 heavy (non-hydrogen) atoms. The van der Waals surface area contributed by atoms with Crippen molar-refractivity contribution >= 4 is 25.8 Å². The second kappa shape index (κ2) is 4.85. The fraction of sp³-hybridized carbons (Fsp3) is 0.455. The summed E-state index contributed by atoms with van der Waals surface area (Å²) in [7, 11) is -2.78. The van der Waals surface area contributed by atoms with E-state index in [4.69, 9.17) is 0 Å². The van der Waals surface area contributed by atoms with E-state index in [2.05, 4.69) is 21.2 Å². The quantitative estimate of drug-likeness (QED) is 0.925. The lowest BCUT2D eigenvalue weighted by molar-refractivity contribution is 0.554. The average Bonchev–Trinajstić information content (AvgIpc) is 2.58. The summed E-state index contributed by atoms with van der Waals surface area (Å²) >= 11 is 3.38. The van der Waals surface area contributed by atoms with Gasteiger partial charge in [-0.25, -0.2) is 8.42 Å². The van der Waals surface area contributed by atoms with E-state index in [-0.39, 0.29) is 11.8 Å². The molecule has 1 saturated heterocycles. The van der Waals surface area contributed by atoms with Crippen molar-refractivity contribution < 1.29 is 8.42 Å². The second-order valence-electron chi connectivity index (χ2n) is 4.11. The Morgan fingerprint density at radius 2 is 2.00 bits per heavy atom. The van der Waals surface area contributed by atoms with Crippen LogP contribution in [0.2, 0.25) is 0 Å². The lowest BCUT2D eigenvalue weighted by Crippen LogP contribution is -2.29. The van der Waals surface area contributed by atoms with Crippen LogP contribution in [-0.2, 0) is 16.4 Å². The first-order valence-corrected chi connectivity index (χ1v) is 7.85. The van der Waals surface area contributed by atoms with Gasteiger partial charge in [0.2, 0.25) is 0 Å². The molecule has 0 saturated carbocycles. The summed E-state index contributed by atoms with van der Waals surface area (Å²) < 4.78 is 23.6. The molecule has 88 valence electrons. The van der Waals surface area contributed by atoms with E-state index < -0.39 is 9.84 Å². The number of rotatable bonds is 3. The largest absolute Gasteiger partial charge is 0.309 e. The van der Waals surface area contributed by atoms with Gasteiger partial charge < -0.3 is 5.32 Å². The molecule has 0 amide bonds. The van der Waals surface area contributed by atoms with E-state index in [1.807, 2.05) is 24.3 Å². The molecular weight excluding hydrogens is 290 g/mol. The maximum atomic E-state index is 11.3. The van der Waals surface area contributed by atoms with Crippen molar-refractivity contribution in [1.29, 1.82) is 0 Å². The standard InChI is InChI=1S/C11H14BrNO2S/c12-10-3-1-9(2-4-10)7-13-11-5-6-16(14,15)8-11/h1-4,11,13H,5-8H2/t11-/m1/s1. The number of nitrogens with one attached hydrogen (secondary N) is 1. The van der Waals surface area contributed by atoms with Gasteiger partial charge in [0.1, 0.15) is 0 Å². The van der Waals surface area contributed by atoms with Gasteiger partial charge in [0, 0.05) is 17.1 Å². The van der Waals surface area contributed by atoms with Crippen molar-refractivity contribution in [2.45, 2.75) is 19.0 Å². The molecule has 0 aromatic heterocycles. The van der Waals surface area contributed by atoms with E-state index in [0.717, 1.165) is 17.4 Å². The van der Waals surface area contributed by atoms with Crippen molar-refractivity contribution in [3.8, 4) is 0 Å². The molecule has 0 spiro atoms. The predicted octanol–water partition coefficient (Wildman–Crippen LogP) is 1.73. The van der Waals surface area contributed by atoms with Crippen molar-refractivity contribution in [3.05, 3.63) is 34.3 Å². The van der Waals surface area contributed by atoms with Gasteiger partial charge in [-0.15, -0.1) is 0 Å². The van der Waals surface area contributed by atoms with Crippen LogP contribution in [0.25, 0.3) is 0 Å². The Morgan fingerprint density at radius 3 is 2.56 bits per heavy atom. The first-order chi connectivity index (χ1) is 7.55. The van der Waals surface area contributed by atoms with Gasteiger partial charge in [-0.3, -0.25) is 0 Å². The van der Waals surface area contributed by atoms with Crippen molar-refractivity contribution in [2.24, 2.45) is 0 Å². The van der Waals surface area contributed by atoms with Crippen molar-refractivity contribution in [1.82, 2.24) is 5.32 Å². The molecule has 1 aliphatic rings. The Morgan fingerprint density at radius 1 is 1.31 bits per heavy atom. The van der Waals surface area contributed by atoms with Gasteiger partial charge in [0.25, 0.3) is 0 Å². The number of benzene rings is 1. The summed E-state index contributed by atoms with van der Waals surface area (Å²) in [5.74, 6) is 0.606. The highest BCUT2D eigenvalue weighted by atomic mass is 79.9.